The first-order chi connectivity index (χ1) is 13.7. The Hall–Kier alpha value is -3.08. The molecular weight excluding hydrogens is 356 g/mol. The molecule has 0 saturated carbocycles. The van der Waals surface area contributed by atoms with Crippen LogP contribution in [0.15, 0.2) is 51.5 Å². The van der Waals surface area contributed by atoms with Gasteiger partial charge in [-0.3, -0.25) is 4.90 Å². The van der Waals surface area contributed by atoms with Crippen LogP contribution in [0.2, 0.25) is 0 Å². The predicted molar refractivity (Wildman–Crippen MR) is 104 cm³/mol. The molecule has 144 valence electrons. The number of aromatic nitrogens is 1. The smallest absolute Gasteiger partial charge is 0.232 e. The lowest BCUT2D eigenvalue weighted by molar-refractivity contribution is 0.0144. The zero-order valence-corrected chi connectivity index (χ0v) is 15.7. The van der Waals surface area contributed by atoms with Crippen LogP contribution in [0.3, 0.4) is 0 Å². The van der Waals surface area contributed by atoms with Crippen molar-refractivity contribution in [1.29, 1.82) is 5.26 Å². The molecule has 3 aromatic rings. The summed E-state index contributed by atoms with van der Waals surface area (Å²) in [4.78, 5) is 6.64. The Bertz CT molecular complexity index is 935. The van der Waals surface area contributed by atoms with Gasteiger partial charge in [0.1, 0.15) is 11.8 Å². The highest BCUT2D eigenvalue weighted by molar-refractivity contribution is 5.59. The minimum atomic E-state index is 0.0124. The molecule has 2 aromatic heterocycles. The Morgan fingerprint density at radius 1 is 1.21 bits per heavy atom. The standard InChI is InChI=1S/C21H22N4O3/c1-15-4-6-16(7-5-15)20-24-17(13-22)21(28-20)23-14-18(19-3-2-10-27-19)25-8-11-26-12-9-25/h2-7,10,18,23H,8-9,11-12,14H2,1H3/t18-/m1/s1. The molecule has 4 rings (SSSR count). The normalized spacial score (nSPS) is 15.9. The lowest BCUT2D eigenvalue weighted by atomic mass is 10.1. The summed E-state index contributed by atoms with van der Waals surface area (Å²) in [6, 6.07) is 13.8. The third-order valence-electron chi connectivity index (χ3n) is 4.85. The highest BCUT2D eigenvalue weighted by Gasteiger charge is 2.26. The van der Waals surface area contributed by atoms with Crippen LogP contribution in [0.4, 0.5) is 5.88 Å². The van der Waals surface area contributed by atoms with E-state index < -0.39 is 0 Å². The van der Waals surface area contributed by atoms with Gasteiger partial charge in [-0.15, -0.1) is 0 Å². The Morgan fingerprint density at radius 3 is 2.68 bits per heavy atom. The molecule has 7 nitrogen and oxygen atoms in total. The van der Waals surface area contributed by atoms with Crippen molar-refractivity contribution in [3.63, 3.8) is 0 Å². The average molecular weight is 378 g/mol. The third kappa shape index (κ3) is 3.93. The van der Waals surface area contributed by atoms with E-state index in [1.54, 1.807) is 6.26 Å². The maximum absolute atomic E-state index is 9.46. The lowest BCUT2D eigenvalue weighted by Crippen LogP contribution is -2.41. The van der Waals surface area contributed by atoms with Gasteiger partial charge in [-0.1, -0.05) is 17.7 Å². The highest BCUT2D eigenvalue weighted by Crippen LogP contribution is 2.28. The van der Waals surface area contributed by atoms with Gasteiger partial charge in [0, 0.05) is 25.2 Å². The molecule has 0 spiro atoms. The maximum Gasteiger partial charge on any atom is 0.232 e. The van der Waals surface area contributed by atoms with Crippen molar-refractivity contribution in [3.8, 4) is 17.5 Å². The van der Waals surface area contributed by atoms with Crippen LogP contribution in [0, 0.1) is 18.3 Å². The first-order valence-electron chi connectivity index (χ1n) is 9.31. The van der Waals surface area contributed by atoms with Crippen LogP contribution in [0.5, 0.6) is 0 Å². The second kappa shape index (κ2) is 8.30. The highest BCUT2D eigenvalue weighted by atomic mass is 16.5. The summed E-state index contributed by atoms with van der Waals surface area (Å²) in [5.74, 6) is 1.68. The van der Waals surface area contributed by atoms with Crippen LogP contribution >= 0.6 is 0 Å². The number of ether oxygens (including phenoxy) is 1. The molecule has 0 unspecified atom stereocenters. The Morgan fingerprint density at radius 2 is 2.00 bits per heavy atom. The summed E-state index contributed by atoms with van der Waals surface area (Å²) in [5, 5.41) is 12.7. The predicted octanol–water partition coefficient (Wildman–Crippen LogP) is 3.60. The first-order valence-corrected chi connectivity index (χ1v) is 9.31. The topological polar surface area (TPSA) is 87.5 Å². The summed E-state index contributed by atoms with van der Waals surface area (Å²) < 4.78 is 17.0. The van der Waals surface area contributed by atoms with Gasteiger partial charge < -0.3 is 18.9 Å². The zero-order valence-electron chi connectivity index (χ0n) is 15.7. The van der Waals surface area contributed by atoms with Crippen LogP contribution in [-0.4, -0.2) is 42.7 Å². The molecule has 1 aliphatic heterocycles. The molecule has 7 heteroatoms. The summed E-state index contributed by atoms with van der Waals surface area (Å²) >= 11 is 0. The molecule has 1 atom stereocenters. The van der Waals surface area contributed by atoms with E-state index in [9.17, 15) is 5.26 Å². The second-order valence-corrected chi connectivity index (χ2v) is 6.74. The molecule has 28 heavy (non-hydrogen) atoms. The number of hydrogen-bond acceptors (Lipinski definition) is 7. The number of oxazole rings is 1. The number of furan rings is 1. The summed E-state index contributed by atoms with van der Waals surface area (Å²) in [5.41, 5.74) is 2.24. The fraction of sp³-hybridized carbons (Fsp3) is 0.333. The van der Waals surface area contributed by atoms with E-state index in [1.165, 1.54) is 0 Å². The summed E-state index contributed by atoms with van der Waals surface area (Å²) in [6.45, 7) is 5.59. The first kappa shape index (κ1) is 18.3. The van der Waals surface area contributed by atoms with Gasteiger partial charge >= 0.3 is 0 Å². The fourth-order valence-electron chi connectivity index (χ4n) is 3.30. The molecule has 3 heterocycles. The molecule has 0 aliphatic carbocycles. The number of rotatable bonds is 6. The lowest BCUT2D eigenvalue weighted by Gasteiger charge is -2.33. The minimum absolute atomic E-state index is 0.0124. The second-order valence-electron chi connectivity index (χ2n) is 6.74. The zero-order chi connectivity index (χ0) is 19.3. The molecule has 1 aromatic carbocycles. The van der Waals surface area contributed by atoms with E-state index in [2.05, 4.69) is 21.3 Å². The van der Waals surface area contributed by atoms with Crippen molar-refractivity contribution in [2.24, 2.45) is 0 Å². The number of morpholine rings is 1. The number of nitriles is 1. The molecule has 1 fully saturated rings. The van der Waals surface area contributed by atoms with Gasteiger partial charge in [0.05, 0.1) is 25.5 Å². The quantitative estimate of drug-likeness (QED) is 0.701. The van der Waals surface area contributed by atoms with Crippen LogP contribution in [0.25, 0.3) is 11.5 Å². The van der Waals surface area contributed by atoms with E-state index in [1.807, 2.05) is 43.3 Å². The van der Waals surface area contributed by atoms with Crippen molar-refractivity contribution in [2.45, 2.75) is 13.0 Å². The monoisotopic (exact) mass is 378 g/mol. The number of nitrogens with one attached hydrogen (secondary N) is 1. The summed E-state index contributed by atoms with van der Waals surface area (Å²) in [6.07, 6.45) is 1.67. The average Bonchev–Trinajstić information content (AvgIpc) is 3.40. The van der Waals surface area contributed by atoms with Gasteiger partial charge in [0.25, 0.3) is 0 Å². The van der Waals surface area contributed by atoms with E-state index in [4.69, 9.17) is 13.6 Å². The van der Waals surface area contributed by atoms with Crippen molar-refractivity contribution in [2.75, 3.05) is 38.2 Å². The van der Waals surface area contributed by atoms with Crippen LogP contribution in [0.1, 0.15) is 23.1 Å². The van der Waals surface area contributed by atoms with Gasteiger partial charge in [0.15, 0.2) is 0 Å². The molecule has 0 amide bonds. The molecular formula is C21H22N4O3. The number of anilines is 1. The number of benzene rings is 1. The number of aryl methyl sites for hydroxylation is 1. The van der Waals surface area contributed by atoms with Gasteiger partial charge in [-0.25, -0.2) is 0 Å². The van der Waals surface area contributed by atoms with Crippen molar-refractivity contribution < 1.29 is 13.6 Å². The number of nitrogens with zero attached hydrogens (tertiary/aromatic N) is 3. The molecule has 0 radical (unpaired) electrons. The number of hydrogen-bond donors (Lipinski definition) is 1. The van der Waals surface area contributed by atoms with E-state index >= 15 is 0 Å². The van der Waals surface area contributed by atoms with E-state index in [0.717, 1.165) is 30.0 Å². The van der Waals surface area contributed by atoms with Crippen molar-refractivity contribution in [1.82, 2.24) is 9.88 Å². The SMILES string of the molecule is Cc1ccc(-c2nc(C#N)c(NC[C@H](c3ccco3)N3CCOCC3)o2)cc1. The van der Waals surface area contributed by atoms with Crippen LogP contribution in [-0.2, 0) is 4.74 Å². The van der Waals surface area contributed by atoms with Crippen LogP contribution < -0.4 is 5.32 Å². The van der Waals surface area contributed by atoms with Crippen molar-refractivity contribution >= 4 is 5.88 Å². The van der Waals surface area contributed by atoms with Crippen molar-refractivity contribution in [3.05, 3.63) is 59.7 Å². The fourth-order valence-corrected chi connectivity index (χ4v) is 3.30. The minimum Gasteiger partial charge on any atom is -0.468 e. The maximum atomic E-state index is 9.46. The Labute approximate surface area is 163 Å². The van der Waals surface area contributed by atoms with Gasteiger partial charge in [0.2, 0.25) is 17.5 Å². The Balaban J connectivity index is 1.54. The van der Waals surface area contributed by atoms with Gasteiger partial charge in [-0.2, -0.15) is 10.2 Å². The molecule has 1 N–H and O–H groups in total. The molecule has 1 saturated heterocycles. The Kier molecular flexibility index (Phi) is 5.42. The van der Waals surface area contributed by atoms with E-state index in [0.29, 0.717) is 31.5 Å². The summed E-state index contributed by atoms with van der Waals surface area (Å²) in [7, 11) is 0. The molecule has 1 aliphatic rings. The van der Waals surface area contributed by atoms with E-state index in [-0.39, 0.29) is 11.7 Å². The van der Waals surface area contributed by atoms with Gasteiger partial charge in [-0.05, 0) is 31.2 Å². The third-order valence-corrected chi connectivity index (χ3v) is 4.85. The largest absolute Gasteiger partial charge is 0.468 e. The molecule has 0 bridgehead atoms.